The zero-order valence-corrected chi connectivity index (χ0v) is 15.7. The number of carbonyl (C=O) groups is 1. The summed E-state index contributed by atoms with van der Waals surface area (Å²) >= 11 is 0. The third-order valence-electron chi connectivity index (χ3n) is 4.24. The summed E-state index contributed by atoms with van der Waals surface area (Å²) in [6.07, 6.45) is 5.39. The number of halogens is 2. The molecule has 2 aromatic rings. The molecule has 3 rings (SSSR count). The van der Waals surface area contributed by atoms with Crippen LogP contribution in [0, 0.1) is 11.8 Å². The monoisotopic (exact) mass is 386 g/mol. The van der Waals surface area contributed by atoms with Gasteiger partial charge in [0.2, 0.25) is 5.91 Å². The van der Waals surface area contributed by atoms with Crippen LogP contribution in [0.2, 0.25) is 0 Å². The standard InChI is InChI=1S/C17H22N4O2.2ClH/c1-13(14-10-19-11-14)17(22)20-15-4-2-3-5-16(15)23-9-8-21-7-6-18-12-21;;/h2-7,12-14,19H,8-11H2,1H3,(H,20,22);2*1H. The Morgan fingerprint density at radius 1 is 1.40 bits per heavy atom. The quantitative estimate of drug-likeness (QED) is 0.767. The van der Waals surface area contributed by atoms with Crippen molar-refractivity contribution < 1.29 is 9.53 Å². The number of aromatic nitrogens is 2. The van der Waals surface area contributed by atoms with Crippen LogP contribution in [-0.2, 0) is 11.3 Å². The number of nitrogens with zero attached hydrogens (tertiary/aromatic N) is 2. The van der Waals surface area contributed by atoms with E-state index in [1.807, 2.05) is 42.0 Å². The first-order valence-corrected chi connectivity index (χ1v) is 7.93. The van der Waals surface area contributed by atoms with E-state index in [-0.39, 0.29) is 36.6 Å². The molecule has 1 aliphatic heterocycles. The Labute approximate surface area is 160 Å². The number of benzene rings is 1. The highest BCUT2D eigenvalue weighted by Crippen LogP contribution is 2.26. The minimum Gasteiger partial charge on any atom is -0.490 e. The van der Waals surface area contributed by atoms with Crippen molar-refractivity contribution in [1.82, 2.24) is 14.9 Å². The number of hydrogen-bond donors (Lipinski definition) is 2. The lowest BCUT2D eigenvalue weighted by Gasteiger charge is -2.31. The van der Waals surface area contributed by atoms with Gasteiger partial charge in [-0.15, -0.1) is 24.8 Å². The second kappa shape index (κ2) is 10.3. The molecular weight excluding hydrogens is 363 g/mol. The normalized spacial score (nSPS) is 14.4. The van der Waals surface area contributed by atoms with Crippen LogP contribution in [0.5, 0.6) is 5.75 Å². The van der Waals surface area contributed by atoms with Gasteiger partial charge in [-0.25, -0.2) is 4.98 Å². The zero-order valence-electron chi connectivity index (χ0n) is 14.1. The molecule has 138 valence electrons. The second-order valence-electron chi connectivity index (χ2n) is 5.84. The predicted molar refractivity (Wildman–Crippen MR) is 103 cm³/mol. The molecule has 2 N–H and O–H groups in total. The van der Waals surface area contributed by atoms with Gasteiger partial charge in [0, 0.05) is 18.3 Å². The number of anilines is 1. The van der Waals surface area contributed by atoms with Crippen molar-refractivity contribution in [2.75, 3.05) is 25.0 Å². The Kier molecular flexibility index (Phi) is 8.75. The van der Waals surface area contributed by atoms with Crippen LogP contribution in [-0.4, -0.2) is 35.2 Å². The van der Waals surface area contributed by atoms with Crippen molar-refractivity contribution in [3.05, 3.63) is 43.0 Å². The highest BCUT2D eigenvalue weighted by atomic mass is 35.5. The van der Waals surface area contributed by atoms with E-state index < -0.39 is 0 Å². The fourth-order valence-corrected chi connectivity index (χ4v) is 2.50. The SMILES string of the molecule is CC(C(=O)Nc1ccccc1OCCn1ccnc1)C1CNC1.Cl.Cl. The van der Waals surface area contributed by atoms with E-state index in [0.717, 1.165) is 18.8 Å². The lowest BCUT2D eigenvalue weighted by atomic mass is 9.88. The van der Waals surface area contributed by atoms with Gasteiger partial charge in [0.05, 0.1) is 18.6 Å². The van der Waals surface area contributed by atoms with Crippen LogP contribution in [0.25, 0.3) is 0 Å². The second-order valence-corrected chi connectivity index (χ2v) is 5.84. The van der Waals surface area contributed by atoms with Gasteiger partial charge in [0.25, 0.3) is 0 Å². The molecule has 1 aliphatic rings. The summed E-state index contributed by atoms with van der Waals surface area (Å²) in [6, 6.07) is 7.55. The third-order valence-corrected chi connectivity index (χ3v) is 4.24. The van der Waals surface area contributed by atoms with E-state index in [1.165, 1.54) is 0 Å². The largest absolute Gasteiger partial charge is 0.490 e. The lowest BCUT2D eigenvalue weighted by Crippen LogP contribution is -2.48. The van der Waals surface area contributed by atoms with Crippen LogP contribution in [0.4, 0.5) is 5.69 Å². The number of para-hydroxylation sites is 2. The summed E-state index contributed by atoms with van der Waals surface area (Å²) in [4.78, 5) is 16.4. The van der Waals surface area contributed by atoms with Gasteiger partial charge in [-0.1, -0.05) is 19.1 Å². The summed E-state index contributed by atoms with van der Waals surface area (Å²) in [7, 11) is 0. The molecule has 0 aliphatic carbocycles. The first kappa shape index (κ1) is 21.3. The molecule has 1 atom stereocenters. The molecule has 1 aromatic heterocycles. The molecule has 6 nitrogen and oxygen atoms in total. The molecule has 1 saturated heterocycles. The van der Waals surface area contributed by atoms with Gasteiger partial charge in [0.1, 0.15) is 12.4 Å². The number of nitrogens with one attached hydrogen (secondary N) is 2. The minimum atomic E-state index is -0.00439. The first-order chi connectivity index (χ1) is 11.2. The van der Waals surface area contributed by atoms with Crippen LogP contribution in [0.3, 0.4) is 0 Å². The maximum absolute atomic E-state index is 12.4. The summed E-state index contributed by atoms with van der Waals surface area (Å²) < 4.78 is 7.77. The van der Waals surface area contributed by atoms with Crippen LogP contribution < -0.4 is 15.4 Å². The van der Waals surface area contributed by atoms with Crippen LogP contribution in [0.15, 0.2) is 43.0 Å². The molecule has 0 saturated carbocycles. The molecule has 1 unspecified atom stereocenters. The van der Waals surface area contributed by atoms with Crippen molar-refractivity contribution >= 4 is 36.4 Å². The molecule has 0 radical (unpaired) electrons. The molecule has 0 bridgehead atoms. The first-order valence-electron chi connectivity index (χ1n) is 7.93. The molecule has 25 heavy (non-hydrogen) atoms. The van der Waals surface area contributed by atoms with Gasteiger partial charge in [-0.2, -0.15) is 0 Å². The van der Waals surface area contributed by atoms with Crippen LogP contribution >= 0.6 is 24.8 Å². The van der Waals surface area contributed by atoms with Gasteiger partial charge in [0.15, 0.2) is 0 Å². The predicted octanol–water partition coefficient (Wildman–Crippen LogP) is 2.60. The van der Waals surface area contributed by atoms with Crippen molar-refractivity contribution in [1.29, 1.82) is 0 Å². The maximum Gasteiger partial charge on any atom is 0.227 e. The Hall–Kier alpha value is -1.76. The smallest absolute Gasteiger partial charge is 0.227 e. The van der Waals surface area contributed by atoms with Gasteiger partial charge < -0.3 is 19.9 Å². The van der Waals surface area contributed by atoms with Crippen molar-refractivity contribution in [3.63, 3.8) is 0 Å². The lowest BCUT2D eigenvalue weighted by molar-refractivity contribution is -0.121. The van der Waals surface area contributed by atoms with Gasteiger partial charge >= 0.3 is 0 Å². The highest BCUT2D eigenvalue weighted by molar-refractivity contribution is 5.94. The number of imidazole rings is 1. The fraction of sp³-hybridized carbons (Fsp3) is 0.412. The number of hydrogen-bond acceptors (Lipinski definition) is 4. The van der Waals surface area contributed by atoms with E-state index in [4.69, 9.17) is 4.74 Å². The number of carbonyl (C=O) groups excluding carboxylic acids is 1. The van der Waals surface area contributed by atoms with Crippen molar-refractivity contribution in [2.24, 2.45) is 11.8 Å². The molecule has 1 amide bonds. The number of amides is 1. The topological polar surface area (TPSA) is 68.2 Å². The molecule has 1 fully saturated rings. The van der Waals surface area contributed by atoms with Gasteiger partial charge in [-0.05, 0) is 31.1 Å². The number of rotatable bonds is 7. The highest BCUT2D eigenvalue weighted by Gasteiger charge is 2.29. The number of ether oxygens (including phenoxy) is 1. The average molecular weight is 387 g/mol. The van der Waals surface area contributed by atoms with E-state index in [2.05, 4.69) is 15.6 Å². The summed E-state index contributed by atoms with van der Waals surface area (Å²) in [6.45, 7) is 5.04. The Morgan fingerprint density at radius 2 is 2.16 bits per heavy atom. The molecule has 0 spiro atoms. The molecular formula is C17H24Cl2N4O2. The maximum atomic E-state index is 12.4. The van der Waals surface area contributed by atoms with E-state index in [1.54, 1.807) is 12.5 Å². The Bertz CT molecular complexity index is 648. The molecule has 8 heteroatoms. The fourth-order valence-electron chi connectivity index (χ4n) is 2.50. The van der Waals surface area contributed by atoms with E-state index >= 15 is 0 Å². The van der Waals surface area contributed by atoms with Gasteiger partial charge in [-0.3, -0.25) is 4.79 Å². The molecule has 2 heterocycles. The Balaban J connectivity index is 0.00000156. The minimum absolute atomic E-state index is 0. The van der Waals surface area contributed by atoms with Crippen molar-refractivity contribution in [3.8, 4) is 5.75 Å². The molecule has 1 aromatic carbocycles. The van der Waals surface area contributed by atoms with Crippen LogP contribution in [0.1, 0.15) is 6.92 Å². The summed E-state index contributed by atoms with van der Waals surface area (Å²) in [5, 5.41) is 6.19. The zero-order chi connectivity index (χ0) is 16.1. The summed E-state index contributed by atoms with van der Waals surface area (Å²) in [5.41, 5.74) is 0.724. The van der Waals surface area contributed by atoms with Crippen molar-refractivity contribution in [2.45, 2.75) is 13.5 Å². The van der Waals surface area contributed by atoms with E-state index in [9.17, 15) is 4.79 Å². The Morgan fingerprint density at radius 3 is 2.80 bits per heavy atom. The third kappa shape index (κ3) is 5.63. The van der Waals surface area contributed by atoms with E-state index in [0.29, 0.717) is 24.8 Å². The average Bonchev–Trinajstić information content (AvgIpc) is 3.00. The summed E-state index contributed by atoms with van der Waals surface area (Å²) in [5.74, 6) is 1.15.